The van der Waals surface area contributed by atoms with Crippen molar-refractivity contribution in [1.82, 2.24) is 9.97 Å². The fraction of sp³-hybridized carbons (Fsp3) is 0.467. The van der Waals surface area contributed by atoms with Gasteiger partial charge in [0.1, 0.15) is 0 Å². The number of rotatable bonds is 1. The maximum absolute atomic E-state index is 11.8. The Hall–Kier alpha value is -2.08. The van der Waals surface area contributed by atoms with Crippen LogP contribution in [0.2, 0.25) is 0 Å². The van der Waals surface area contributed by atoms with E-state index in [1.807, 2.05) is 13.0 Å². The van der Waals surface area contributed by atoms with Crippen molar-refractivity contribution in [3.63, 3.8) is 0 Å². The minimum absolute atomic E-state index is 0.121. The highest BCUT2D eigenvalue weighted by Gasteiger charge is 2.32. The van der Waals surface area contributed by atoms with Gasteiger partial charge in [-0.2, -0.15) is 0 Å². The fourth-order valence-electron chi connectivity index (χ4n) is 3.03. The summed E-state index contributed by atoms with van der Waals surface area (Å²) in [4.78, 5) is 20.8. The summed E-state index contributed by atoms with van der Waals surface area (Å²) in [5.74, 6) is 0. The van der Waals surface area contributed by atoms with Crippen LogP contribution in [0.1, 0.15) is 20.8 Å². The highest BCUT2D eigenvalue weighted by Crippen LogP contribution is 2.31. The Morgan fingerprint density at radius 2 is 2.24 bits per heavy atom. The molecular weight excluding hydrogens is 268 g/mol. The number of nitrogens with two attached hydrogens (primary N) is 1. The summed E-state index contributed by atoms with van der Waals surface area (Å²) in [5, 5.41) is 0.513. The molecule has 6 nitrogen and oxygen atoms in total. The number of ether oxygens (including phenoxy) is 1. The summed E-state index contributed by atoms with van der Waals surface area (Å²) in [5.41, 5.74) is 7.90. The second-order valence-electron chi connectivity index (χ2n) is 6.23. The molecule has 0 saturated carbocycles. The topological polar surface area (TPSA) is 84.2 Å². The molecule has 6 heteroatoms. The summed E-state index contributed by atoms with van der Waals surface area (Å²) in [6.45, 7) is 7.69. The van der Waals surface area contributed by atoms with Crippen LogP contribution in [0.25, 0.3) is 10.9 Å². The lowest BCUT2D eigenvalue weighted by molar-refractivity contribution is -0.0749. The van der Waals surface area contributed by atoms with Gasteiger partial charge in [0.15, 0.2) is 0 Å². The molecule has 21 heavy (non-hydrogen) atoms. The van der Waals surface area contributed by atoms with Crippen molar-refractivity contribution in [3.8, 4) is 0 Å². The lowest BCUT2D eigenvalue weighted by atomic mass is 10.0. The first-order valence-electron chi connectivity index (χ1n) is 7.05. The zero-order valence-corrected chi connectivity index (χ0v) is 12.5. The molecule has 3 N–H and O–H groups in total. The van der Waals surface area contributed by atoms with Crippen LogP contribution in [0.15, 0.2) is 23.3 Å². The molecule has 0 bridgehead atoms. The second kappa shape index (κ2) is 4.73. The molecule has 2 aromatic rings. The molecule has 1 unspecified atom stereocenters. The van der Waals surface area contributed by atoms with Gasteiger partial charge in [-0.25, -0.2) is 4.98 Å². The Bertz CT molecular complexity index is 738. The van der Waals surface area contributed by atoms with Crippen molar-refractivity contribution in [1.29, 1.82) is 0 Å². The van der Waals surface area contributed by atoms with E-state index in [0.29, 0.717) is 16.6 Å². The van der Waals surface area contributed by atoms with E-state index >= 15 is 0 Å². The van der Waals surface area contributed by atoms with E-state index in [-0.39, 0.29) is 17.3 Å². The number of fused-ring (bicyclic) bond motifs is 1. The first-order chi connectivity index (χ1) is 9.85. The monoisotopic (exact) mass is 288 g/mol. The fourth-order valence-corrected chi connectivity index (χ4v) is 3.03. The van der Waals surface area contributed by atoms with E-state index in [1.165, 1.54) is 6.33 Å². The lowest BCUT2D eigenvalue weighted by Crippen LogP contribution is -2.52. The number of anilines is 2. The van der Waals surface area contributed by atoms with Crippen LogP contribution in [0.5, 0.6) is 0 Å². The van der Waals surface area contributed by atoms with Crippen molar-refractivity contribution in [2.75, 3.05) is 23.7 Å². The van der Waals surface area contributed by atoms with Gasteiger partial charge in [0, 0.05) is 13.1 Å². The Balaban J connectivity index is 2.08. The van der Waals surface area contributed by atoms with Gasteiger partial charge < -0.3 is 20.4 Å². The number of nitrogen functional groups attached to an aromatic ring is 1. The predicted octanol–water partition coefficient (Wildman–Crippen LogP) is 1.51. The van der Waals surface area contributed by atoms with Crippen LogP contribution in [0.3, 0.4) is 0 Å². The van der Waals surface area contributed by atoms with Gasteiger partial charge in [0.05, 0.1) is 40.3 Å². The normalized spacial score (nSPS) is 21.7. The highest BCUT2D eigenvalue weighted by atomic mass is 16.5. The van der Waals surface area contributed by atoms with Crippen LogP contribution in [0.4, 0.5) is 11.4 Å². The van der Waals surface area contributed by atoms with Crippen molar-refractivity contribution in [2.45, 2.75) is 32.5 Å². The first-order valence-corrected chi connectivity index (χ1v) is 7.05. The Morgan fingerprint density at radius 1 is 1.48 bits per heavy atom. The van der Waals surface area contributed by atoms with E-state index in [4.69, 9.17) is 10.5 Å². The Kier molecular flexibility index (Phi) is 3.13. The molecule has 2 heterocycles. The van der Waals surface area contributed by atoms with Crippen LogP contribution in [-0.2, 0) is 4.74 Å². The van der Waals surface area contributed by atoms with Gasteiger partial charge in [-0.1, -0.05) is 0 Å². The van der Waals surface area contributed by atoms with Crippen LogP contribution in [-0.4, -0.2) is 34.8 Å². The number of hydrogen-bond acceptors (Lipinski definition) is 5. The predicted molar refractivity (Wildman–Crippen MR) is 83.6 cm³/mol. The SMILES string of the molecule is CC1CN(c2cc3nc[nH]c(=O)c3cc2N)CC(C)(C)O1. The number of morpholine rings is 1. The molecule has 0 radical (unpaired) electrons. The molecule has 1 atom stereocenters. The number of H-pyrrole nitrogens is 1. The number of aromatic nitrogens is 2. The zero-order valence-electron chi connectivity index (χ0n) is 12.5. The second-order valence-corrected chi connectivity index (χ2v) is 6.23. The van der Waals surface area contributed by atoms with Gasteiger partial charge in [-0.3, -0.25) is 4.79 Å². The number of hydrogen-bond donors (Lipinski definition) is 2. The van der Waals surface area contributed by atoms with Crippen molar-refractivity contribution < 1.29 is 4.74 Å². The van der Waals surface area contributed by atoms with E-state index in [9.17, 15) is 4.79 Å². The zero-order chi connectivity index (χ0) is 15.2. The van der Waals surface area contributed by atoms with Gasteiger partial charge >= 0.3 is 0 Å². The van der Waals surface area contributed by atoms with Crippen molar-refractivity contribution in [3.05, 3.63) is 28.8 Å². The first kappa shape index (κ1) is 13.9. The average Bonchev–Trinajstić information content (AvgIpc) is 2.37. The van der Waals surface area contributed by atoms with Crippen LogP contribution >= 0.6 is 0 Å². The van der Waals surface area contributed by atoms with Gasteiger partial charge in [0.2, 0.25) is 0 Å². The third-order valence-electron chi connectivity index (χ3n) is 3.70. The highest BCUT2D eigenvalue weighted by molar-refractivity contribution is 5.88. The summed E-state index contributed by atoms with van der Waals surface area (Å²) in [6.07, 6.45) is 1.53. The maximum atomic E-state index is 11.8. The minimum atomic E-state index is -0.235. The Morgan fingerprint density at radius 3 is 2.95 bits per heavy atom. The molecule has 0 aliphatic carbocycles. The van der Waals surface area contributed by atoms with Gasteiger partial charge in [-0.15, -0.1) is 0 Å². The largest absolute Gasteiger partial charge is 0.397 e. The molecule has 1 fully saturated rings. The molecule has 1 aliphatic rings. The standard InChI is InChI=1S/C15H20N4O2/c1-9-6-19(7-15(2,3)21-9)13-5-12-10(4-11(13)16)14(20)18-8-17-12/h4-5,8-9H,6-7,16H2,1-3H3,(H,17,18,20). The van der Waals surface area contributed by atoms with E-state index in [2.05, 4.69) is 28.7 Å². The van der Waals surface area contributed by atoms with Crippen molar-refractivity contribution >= 4 is 22.3 Å². The lowest BCUT2D eigenvalue weighted by Gasteiger charge is -2.43. The summed E-state index contributed by atoms with van der Waals surface area (Å²) in [6, 6.07) is 3.58. The average molecular weight is 288 g/mol. The van der Waals surface area contributed by atoms with Crippen molar-refractivity contribution in [2.24, 2.45) is 0 Å². The summed E-state index contributed by atoms with van der Waals surface area (Å²) >= 11 is 0. The third kappa shape index (κ3) is 2.58. The quantitative estimate of drug-likeness (QED) is 0.777. The molecule has 3 rings (SSSR count). The number of nitrogens with zero attached hydrogens (tertiary/aromatic N) is 2. The van der Waals surface area contributed by atoms with E-state index < -0.39 is 0 Å². The molecule has 1 saturated heterocycles. The number of aromatic amines is 1. The summed E-state index contributed by atoms with van der Waals surface area (Å²) < 4.78 is 5.92. The maximum Gasteiger partial charge on any atom is 0.258 e. The minimum Gasteiger partial charge on any atom is -0.397 e. The van der Waals surface area contributed by atoms with Gasteiger partial charge in [0.25, 0.3) is 5.56 Å². The molecule has 1 aromatic heterocycles. The van der Waals surface area contributed by atoms with Gasteiger partial charge in [-0.05, 0) is 32.9 Å². The van der Waals surface area contributed by atoms with Crippen LogP contribution in [0, 0.1) is 0 Å². The molecule has 1 aliphatic heterocycles. The molecule has 1 aromatic carbocycles. The smallest absolute Gasteiger partial charge is 0.258 e. The number of benzene rings is 1. The summed E-state index contributed by atoms with van der Waals surface area (Å²) in [7, 11) is 0. The molecule has 112 valence electrons. The molecule has 0 spiro atoms. The van der Waals surface area contributed by atoms with E-state index in [0.717, 1.165) is 18.8 Å². The number of nitrogens with one attached hydrogen (secondary N) is 1. The molecular formula is C15H20N4O2. The molecule has 0 amide bonds. The van der Waals surface area contributed by atoms with Crippen LogP contribution < -0.4 is 16.2 Å². The third-order valence-corrected chi connectivity index (χ3v) is 3.70. The van der Waals surface area contributed by atoms with E-state index in [1.54, 1.807) is 6.07 Å². The Labute approximate surface area is 122 Å².